The van der Waals surface area contributed by atoms with Crippen LogP contribution in [0.15, 0.2) is 54.6 Å². The van der Waals surface area contributed by atoms with Crippen molar-refractivity contribution < 1.29 is 9.47 Å². The van der Waals surface area contributed by atoms with Crippen LogP contribution in [0, 0.1) is 0 Å². The Bertz CT molecular complexity index is 1010. The van der Waals surface area contributed by atoms with Crippen LogP contribution in [0.3, 0.4) is 0 Å². The zero-order chi connectivity index (χ0) is 21.5. The van der Waals surface area contributed by atoms with E-state index in [0.29, 0.717) is 44.7 Å². The first-order chi connectivity index (χ1) is 14.5. The highest BCUT2D eigenvalue weighted by atomic mass is 35.5. The summed E-state index contributed by atoms with van der Waals surface area (Å²) in [5, 5.41) is 5.91. The highest BCUT2D eigenvalue weighted by Gasteiger charge is 2.09. The molecule has 0 aromatic heterocycles. The molecule has 3 aromatic carbocycles. The van der Waals surface area contributed by atoms with Crippen LogP contribution in [0.4, 0.5) is 0 Å². The lowest BCUT2D eigenvalue weighted by Crippen LogP contribution is -2.16. The summed E-state index contributed by atoms with van der Waals surface area (Å²) >= 11 is 24.3. The molecular formula is C23H22Cl5NO2. The summed E-state index contributed by atoms with van der Waals surface area (Å²) in [6, 6.07) is 16.8. The molecule has 0 aliphatic rings. The number of rotatable bonds is 9. The third-order valence-corrected chi connectivity index (χ3v) is 5.72. The molecule has 0 heterocycles. The second kappa shape index (κ2) is 12.6. The van der Waals surface area contributed by atoms with Crippen LogP contribution in [0.25, 0.3) is 0 Å². The van der Waals surface area contributed by atoms with E-state index < -0.39 is 0 Å². The maximum atomic E-state index is 6.22. The monoisotopic (exact) mass is 519 g/mol. The van der Waals surface area contributed by atoms with Gasteiger partial charge in [-0.25, -0.2) is 0 Å². The molecule has 0 aliphatic heterocycles. The van der Waals surface area contributed by atoms with E-state index in [1.54, 1.807) is 25.3 Å². The third kappa shape index (κ3) is 7.64. The first-order valence-corrected chi connectivity index (χ1v) is 10.9. The van der Waals surface area contributed by atoms with Crippen LogP contribution in [0.1, 0.15) is 16.7 Å². The lowest BCUT2D eigenvalue weighted by Gasteiger charge is -2.13. The van der Waals surface area contributed by atoms with E-state index in [1.165, 1.54) is 0 Å². The molecule has 8 heteroatoms. The van der Waals surface area contributed by atoms with Crippen LogP contribution in [-0.4, -0.2) is 13.7 Å². The van der Waals surface area contributed by atoms with Crippen molar-refractivity contribution in [2.75, 3.05) is 13.7 Å². The number of ether oxygens (including phenoxy) is 2. The fraction of sp³-hybridized carbons (Fsp3) is 0.217. The van der Waals surface area contributed by atoms with Crippen molar-refractivity contribution >= 4 is 58.8 Å². The largest absolute Gasteiger partial charge is 0.493 e. The van der Waals surface area contributed by atoms with Gasteiger partial charge in [0.05, 0.1) is 7.11 Å². The van der Waals surface area contributed by atoms with Crippen molar-refractivity contribution in [3.63, 3.8) is 0 Å². The minimum absolute atomic E-state index is 0. The molecule has 0 unspecified atom stereocenters. The SMILES string of the molecule is COc1cc(CNCCc2ccc(Cl)cc2Cl)ccc1OCc1ccc(Cl)cc1Cl.Cl. The van der Waals surface area contributed by atoms with Gasteiger partial charge in [0.15, 0.2) is 11.5 Å². The average Bonchev–Trinajstić information content (AvgIpc) is 2.72. The van der Waals surface area contributed by atoms with Crippen molar-refractivity contribution in [3.05, 3.63) is 91.4 Å². The van der Waals surface area contributed by atoms with Gasteiger partial charge in [-0.2, -0.15) is 0 Å². The van der Waals surface area contributed by atoms with Crippen molar-refractivity contribution in [3.8, 4) is 11.5 Å². The minimum Gasteiger partial charge on any atom is -0.493 e. The van der Waals surface area contributed by atoms with E-state index in [-0.39, 0.29) is 12.4 Å². The second-order valence-electron chi connectivity index (χ2n) is 6.67. The van der Waals surface area contributed by atoms with Crippen molar-refractivity contribution in [1.29, 1.82) is 0 Å². The van der Waals surface area contributed by atoms with Crippen molar-refractivity contribution in [2.24, 2.45) is 0 Å². The Balaban J connectivity index is 0.00000341. The van der Waals surface area contributed by atoms with E-state index in [4.69, 9.17) is 55.9 Å². The van der Waals surface area contributed by atoms with Gasteiger partial charge in [-0.1, -0.05) is 64.6 Å². The lowest BCUT2D eigenvalue weighted by molar-refractivity contribution is 0.284. The van der Waals surface area contributed by atoms with Crippen LogP contribution < -0.4 is 14.8 Å². The minimum atomic E-state index is 0. The van der Waals surface area contributed by atoms with Gasteiger partial charge in [-0.05, 0) is 60.5 Å². The molecule has 0 bridgehead atoms. The first-order valence-electron chi connectivity index (χ1n) is 9.34. The molecule has 0 aliphatic carbocycles. The van der Waals surface area contributed by atoms with Gasteiger partial charge < -0.3 is 14.8 Å². The van der Waals surface area contributed by atoms with Gasteiger partial charge in [0.2, 0.25) is 0 Å². The Morgan fingerprint density at radius 1 is 0.774 bits per heavy atom. The van der Waals surface area contributed by atoms with Gasteiger partial charge in [-0.15, -0.1) is 12.4 Å². The first kappa shape index (κ1) is 25.9. The lowest BCUT2D eigenvalue weighted by atomic mass is 10.1. The van der Waals surface area contributed by atoms with Gasteiger partial charge >= 0.3 is 0 Å². The Morgan fingerprint density at radius 3 is 2.03 bits per heavy atom. The number of nitrogens with one attached hydrogen (secondary N) is 1. The standard InChI is InChI=1S/C23H21Cl4NO2.ClH/c1-29-23-10-15(13-28-9-8-16-3-5-18(24)11-20(16)26)2-7-22(23)30-14-17-4-6-19(25)12-21(17)27;/h2-7,10-12,28H,8-9,13-14H2,1H3;1H. The van der Waals surface area contributed by atoms with Crippen molar-refractivity contribution in [1.82, 2.24) is 5.32 Å². The van der Waals surface area contributed by atoms with E-state index in [1.807, 2.05) is 36.4 Å². The average molecular weight is 522 g/mol. The topological polar surface area (TPSA) is 30.5 Å². The van der Waals surface area contributed by atoms with Crippen LogP contribution in [0.2, 0.25) is 20.1 Å². The quantitative estimate of drug-likeness (QED) is 0.294. The second-order valence-corrected chi connectivity index (χ2v) is 8.36. The van der Waals surface area contributed by atoms with Gasteiger partial charge in [0.25, 0.3) is 0 Å². The summed E-state index contributed by atoms with van der Waals surface area (Å²) in [6.45, 7) is 1.81. The van der Waals surface area contributed by atoms with Crippen LogP contribution >= 0.6 is 58.8 Å². The maximum Gasteiger partial charge on any atom is 0.161 e. The smallest absolute Gasteiger partial charge is 0.161 e. The van der Waals surface area contributed by atoms with E-state index in [2.05, 4.69) is 5.32 Å². The molecule has 0 atom stereocenters. The number of methoxy groups -OCH3 is 1. The molecule has 0 spiro atoms. The normalized spacial score (nSPS) is 10.5. The summed E-state index contributed by atoms with van der Waals surface area (Å²) in [4.78, 5) is 0. The van der Waals surface area contributed by atoms with Crippen molar-refractivity contribution in [2.45, 2.75) is 19.6 Å². The molecule has 0 radical (unpaired) electrons. The fourth-order valence-electron chi connectivity index (χ4n) is 2.92. The fourth-order valence-corrected chi connectivity index (χ4v) is 3.88. The van der Waals surface area contributed by atoms with Crippen LogP contribution in [0.5, 0.6) is 11.5 Å². The van der Waals surface area contributed by atoms with E-state index >= 15 is 0 Å². The Morgan fingerprint density at radius 2 is 1.42 bits per heavy atom. The molecule has 0 fully saturated rings. The molecule has 3 nitrogen and oxygen atoms in total. The molecule has 0 saturated heterocycles. The summed E-state index contributed by atoms with van der Waals surface area (Å²) in [5.74, 6) is 1.32. The molecule has 1 N–H and O–H groups in total. The molecule has 3 rings (SSSR count). The molecule has 0 saturated carbocycles. The maximum absolute atomic E-state index is 6.22. The predicted octanol–water partition coefficient (Wildman–Crippen LogP) is 7.64. The zero-order valence-corrected chi connectivity index (χ0v) is 20.6. The predicted molar refractivity (Wildman–Crippen MR) is 133 cm³/mol. The van der Waals surface area contributed by atoms with Crippen LogP contribution in [-0.2, 0) is 19.6 Å². The number of hydrogen-bond donors (Lipinski definition) is 1. The summed E-state index contributed by atoms with van der Waals surface area (Å²) in [7, 11) is 1.62. The van der Waals surface area contributed by atoms with Gasteiger partial charge in [0, 0.05) is 32.2 Å². The van der Waals surface area contributed by atoms with E-state index in [9.17, 15) is 0 Å². The molecule has 0 amide bonds. The highest BCUT2D eigenvalue weighted by Crippen LogP contribution is 2.30. The molecule has 31 heavy (non-hydrogen) atoms. The van der Waals surface area contributed by atoms with Gasteiger partial charge in [-0.3, -0.25) is 0 Å². The number of hydrogen-bond acceptors (Lipinski definition) is 3. The Labute approximate surface area is 209 Å². The Kier molecular flexibility index (Phi) is 10.6. The zero-order valence-electron chi connectivity index (χ0n) is 16.8. The third-order valence-electron chi connectivity index (χ3n) is 4.54. The summed E-state index contributed by atoms with van der Waals surface area (Å²) < 4.78 is 11.4. The number of benzene rings is 3. The molecule has 166 valence electrons. The number of halogens is 5. The molecular weight excluding hydrogens is 500 g/mol. The summed E-state index contributed by atoms with van der Waals surface area (Å²) in [5.41, 5.74) is 3.01. The Hall–Kier alpha value is -1.33. The highest BCUT2D eigenvalue weighted by molar-refractivity contribution is 6.35. The molecule has 3 aromatic rings. The van der Waals surface area contributed by atoms with E-state index in [0.717, 1.165) is 29.7 Å². The summed E-state index contributed by atoms with van der Waals surface area (Å²) in [6.07, 6.45) is 0.816. The van der Waals surface area contributed by atoms with Gasteiger partial charge in [0.1, 0.15) is 6.61 Å².